The van der Waals surface area contributed by atoms with E-state index in [1.165, 1.54) is 6.07 Å². The summed E-state index contributed by atoms with van der Waals surface area (Å²) in [5.74, 6) is -1.43. The Bertz CT molecular complexity index is 1080. The molecule has 6 nitrogen and oxygen atoms in total. The molecule has 3 rings (SSSR count). The Morgan fingerprint density at radius 2 is 1.93 bits per heavy atom. The normalized spacial score (nSPS) is 11.1. The van der Waals surface area contributed by atoms with Gasteiger partial charge in [-0.2, -0.15) is 9.97 Å². The van der Waals surface area contributed by atoms with Crippen LogP contribution in [0.15, 0.2) is 41.3 Å². The van der Waals surface area contributed by atoms with Crippen molar-refractivity contribution >= 4 is 5.82 Å². The lowest BCUT2D eigenvalue weighted by atomic mass is 10.1. The number of pyridine rings is 1. The maximum atomic E-state index is 13.8. The van der Waals surface area contributed by atoms with E-state index in [0.717, 1.165) is 12.1 Å². The van der Waals surface area contributed by atoms with E-state index in [2.05, 4.69) is 9.97 Å². The first-order valence-corrected chi connectivity index (χ1v) is 8.72. The maximum absolute atomic E-state index is 13.8. The molecule has 3 aromatic rings. The number of nitrogens with two attached hydrogens (primary N) is 1. The molecule has 0 unspecified atom stereocenters. The molecule has 8 heteroatoms. The second-order valence-corrected chi connectivity index (χ2v) is 6.90. The third-order valence-electron chi connectivity index (χ3n) is 3.94. The Morgan fingerprint density at radius 1 is 1.18 bits per heavy atom. The topological polar surface area (TPSA) is 83.0 Å². The number of hydrogen-bond donors (Lipinski definition) is 1. The number of aryl methyl sites for hydroxylation is 1. The van der Waals surface area contributed by atoms with Crippen molar-refractivity contribution in [1.29, 1.82) is 0 Å². The van der Waals surface area contributed by atoms with Crippen LogP contribution in [-0.2, 0) is 6.54 Å². The average Bonchev–Trinajstić information content (AvgIpc) is 2.60. The molecule has 0 radical (unpaired) electrons. The second kappa shape index (κ2) is 7.75. The third-order valence-corrected chi connectivity index (χ3v) is 3.94. The molecule has 0 aliphatic carbocycles. The van der Waals surface area contributed by atoms with Gasteiger partial charge >= 0.3 is 6.01 Å². The zero-order valence-corrected chi connectivity index (χ0v) is 15.7. The first-order valence-electron chi connectivity index (χ1n) is 8.72. The number of nitrogens with zero attached hydrogens (tertiary/aromatic N) is 3. The molecule has 0 saturated carbocycles. The molecule has 0 amide bonds. The molecule has 2 heterocycles. The highest BCUT2D eigenvalue weighted by Crippen LogP contribution is 2.26. The van der Waals surface area contributed by atoms with Gasteiger partial charge < -0.3 is 15.0 Å². The molecule has 0 bridgehead atoms. The number of halogens is 2. The Hall–Kier alpha value is -3.29. The van der Waals surface area contributed by atoms with Crippen molar-refractivity contribution in [3.63, 3.8) is 0 Å². The van der Waals surface area contributed by atoms with Gasteiger partial charge in [-0.25, -0.2) is 8.78 Å². The SMILES string of the molecule is Cc1cc(-c2cc(N)nc(Oc3ccc(F)cc3F)n2)cn(CC(C)C)c1=O. The largest absolute Gasteiger partial charge is 0.421 e. The van der Waals surface area contributed by atoms with Crippen LogP contribution in [0.3, 0.4) is 0 Å². The van der Waals surface area contributed by atoms with Gasteiger partial charge in [0.1, 0.15) is 11.6 Å². The predicted octanol–water partition coefficient (Wildman–Crippen LogP) is 3.92. The number of anilines is 1. The fourth-order valence-electron chi connectivity index (χ4n) is 2.75. The van der Waals surface area contributed by atoms with E-state index < -0.39 is 11.6 Å². The number of benzene rings is 1. The van der Waals surface area contributed by atoms with Gasteiger partial charge in [-0.05, 0) is 31.0 Å². The minimum absolute atomic E-state index is 0.0793. The zero-order chi connectivity index (χ0) is 20.4. The Kier molecular flexibility index (Phi) is 5.39. The van der Waals surface area contributed by atoms with Crippen molar-refractivity contribution in [2.75, 3.05) is 5.73 Å². The fraction of sp³-hybridized carbons (Fsp3) is 0.250. The van der Waals surface area contributed by atoms with Crippen molar-refractivity contribution < 1.29 is 13.5 Å². The zero-order valence-electron chi connectivity index (χ0n) is 15.7. The summed E-state index contributed by atoms with van der Waals surface area (Å²) in [6.45, 7) is 6.30. The van der Waals surface area contributed by atoms with Crippen molar-refractivity contribution in [3.05, 3.63) is 64.1 Å². The van der Waals surface area contributed by atoms with Crippen molar-refractivity contribution in [2.45, 2.75) is 27.3 Å². The first-order chi connectivity index (χ1) is 13.2. The van der Waals surface area contributed by atoms with Gasteiger partial charge in [-0.1, -0.05) is 13.8 Å². The molecule has 0 spiro atoms. The van der Waals surface area contributed by atoms with E-state index in [9.17, 15) is 13.6 Å². The van der Waals surface area contributed by atoms with Crippen LogP contribution in [0, 0.1) is 24.5 Å². The van der Waals surface area contributed by atoms with Gasteiger partial charge in [0, 0.05) is 36.0 Å². The summed E-state index contributed by atoms with van der Waals surface area (Å²) in [6, 6.07) is 5.96. The molecule has 28 heavy (non-hydrogen) atoms. The van der Waals surface area contributed by atoms with Crippen molar-refractivity contribution in [2.24, 2.45) is 5.92 Å². The van der Waals surface area contributed by atoms with E-state index in [-0.39, 0.29) is 29.1 Å². The van der Waals surface area contributed by atoms with Crippen LogP contribution in [0.1, 0.15) is 19.4 Å². The lowest BCUT2D eigenvalue weighted by molar-refractivity contribution is 0.409. The highest BCUT2D eigenvalue weighted by Gasteiger charge is 2.13. The minimum Gasteiger partial charge on any atom is -0.421 e. The third kappa shape index (κ3) is 4.33. The average molecular weight is 386 g/mol. The molecular formula is C20H20F2N4O2. The highest BCUT2D eigenvalue weighted by atomic mass is 19.1. The molecule has 0 fully saturated rings. The van der Waals surface area contributed by atoms with Crippen LogP contribution in [-0.4, -0.2) is 14.5 Å². The monoisotopic (exact) mass is 386 g/mol. The molecule has 0 aliphatic heterocycles. The number of aromatic nitrogens is 3. The van der Waals surface area contributed by atoms with E-state index in [1.54, 1.807) is 23.8 Å². The summed E-state index contributed by atoms with van der Waals surface area (Å²) in [5, 5.41) is 0. The summed E-state index contributed by atoms with van der Waals surface area (Å²) in [4.78, 5) is 20.5. The van der Waals surface area contributed by atoms with Gasteiger partial charge in [0.2, 0.25) is 0 Å². The summed E-state index contributed by atoms with van der Waals surface area (Å²) < 4.78 is 33.9. The van der Waals surface area contributed by atoms with Crippen LogP contribution in [0.5, 0.6) is 11.8 Å². The van der Waals surface area contributed by atoms with E-state index in [0.29, 0.717) is 29.4 Å². The van der Waals surface area contributed by atoms with Crippen LogP contribution in [0.25, 0.3) is 11.3 Å². The number of ether oxygens (including phenoxy) is 1. The van der Waals surface area contributed by atoms with E-state index >= 15 is 0 Å². The smallest absolute Gasteiger partial charge is 0.324 e. The first kappa shape index (κ1) is 19.5. The summed E-state index contributed by atoms with van der Waals surface area (Å²) in [5.41, 5.74) is 7.40. The molecule has 2 N–H and O–H groups in total. The number of nitrogen functional groups attached to an aromatic ring is 1. The van der Waals surface area contributed by atoms with Gasteiger partial charge in [-0.3, -0.25) is 4.79 Å². The van der Waals surface area contributed by atoms with Gasteiger partial charge in [0.15, 0.2) is 11.6 Å². The van der Waals surface area contributed by atoms with Crippen molar-refractivity contribution in [3.8, 4) is 23.0 Å². The van der Waals surface area contributed by atoms with Gasteiger partial charge in [0.25, 0.3) is 5.56 Å². The highest BCUT2D eigenvalue weighted by molar-refractivity contribution is 5.62. The molecular weight excluding hydrogens is 366 g/mol. The van der Waals surface area contributed by atoms with Crippen LogP contribution in [0.2, 0.25) is 0 Å². The lowest BCUT2D eigenvalue weighted by Crippen LogP contribution is -2.24. The second-order valence-electron chi connectivity index (χ2n) is 6.90. The predicted molar refractivity (Wildman–Crippen MR) is 102 cm³/mol. The molecule has 1 aromatic carbocycles. The van der Waals surface area contributed by atoms with Crippen LogP contribution >= 0.6 is 0 Å². The quantitative estimate of drug-likeness (QED) is 0.719. The Labute approximate surface area is 160 Å². The van der Waals surface area contributed by atoms with Crippen LogP contribution in [0.4, 0.5) is 14.6 Å². The summed E-state index contributed by atoms with van der Waals surface area (Å²) >= 11 is 0. The molecule has 0 atom stereocenters. The van der Waals surface area contributed by atoms with Gasteiger partial charge in [0.05, 0.1) is 5.69 Å². The van der Waals surface area contributed by atoms with Crippen LogP contribution < -0.4 is 16.0 Å². The van der Waals surface area contributed by atoms with E-state index in [1.807, 2.05) is 13.8 Å². The fourth-order valence-corrected chi connectivity index (χ4v) is 2.75. The molecule has 0 saturated heterocycles. The number of hydrogen-bond acceptors (Lipinski definition) is 5. The molecule has 2 aromatic heterocycles. The molecule has 0 aliphatic rings. The minimum atomic E-state index is -0.881. The standard InChI is InChI=1S/C20H20F2N4O2/c1-11(2)9-26-10-13(6-12(3)19(26)27)16-8-18(23)25-20(24-16)28-17-5-4-14(21)7-15(17)22/h4-8,10-11H,9H2,1-3H3,(H2,23,24,25). The van der Waals surface area contributed by atoms with Crippen molar-refractivity contribution in [1.82, 2.24) is 14.5 Å². The summed E-state index contributed by atoms with van der Waals surface area (Å²) in [7, 11) is 0. The summed E-state index contributed by atoms with van der Waals surface area (Å²) in [6.07, 6.45) is 1.69. The Balaban J connectivity index is 2.02. The lowest BCUT2D eigenvalue weighted by Gasteiger charge is -2.13. The maximum Gasteiger partial charge on any atom is 0.324 e. The van der Waals surface area contributed by atoms with Gasteiger partial charge in [-0.15, -0.1) is 0 Å². The molecule has 146 valence electrons. The van der Waals surface area contributed by atoms with E-state index in [4.69, 9.17) is 10.5 Å². The Morgan fingerprint density at radius 3 is 2.61 bits per heavy atom. The number of rotatable bonds is 5.